The van der Waals surface area contributed by atoms with Crippen molar-refractivity contribution in [2.45, 2.75) is 28.8 Å². The molecule has 0 fully saturated rings. The molecule has 0 aliphatic rings. The Hall–Kier alpha value is 0.0200. The fourth-order valence-electron chi connectivity index (χ4n) is 0.774. The van der Waals surface area contributed by atoms with Gasteiger partial charge in [-0.15, -0.1) is 0 Å². The maximum atomic E-state index is 12.9. The van der Waals surface area contributed by atoms with Crippen LogP contribution in [0.1, 0.15) is 0 Å². The minimum atomic E-state index is -7.92. The molecule has 0 amide bonds. The quantitative estimate of drug-likeness (QED) is 0.504. The first-order chi connectivity index (χ1) is 9.96. The van der Waals surface area contributed by atoms with Crippen LogP contribution < -0.4 is 4.13 Å². The van der Waals surface area contributed by atoms with Gasteiger partial charge in [-0.2, -0.15) is 52.7 Å². The molecule has 5 nitrogen and oxygen atoms in total. The standard InChI is InChI=1S/C5HF12NO4S2.Na.H/c6-1(7,3(10,11)12)2(8,9)4(13,14)23(19,20)18-24(21,22)5(15,16)17;;/h18H;;. The van der Waals surface area contributed by atoms with Gasteiger partial charge in [0.1, 0.15) is 0 Å². The van der Waals surface area contributed by atoms with Crippen molar-refractivity contribution in [3.05, 3.63) is 0 Å². The van der Waals surface area contributed by atoms with Crippen molar-refractivity contribution in [1.82, 2.24) is 4.13 Å². The first-order valence-electron chi connectivity index (χ1n) is 4.50. The second-order valence-electron chi connectivity index (χ2n) is 3.70. The van der Waals surface area contributed by atoms with E-state index in [1.807, 2.05) is 0 Å². The molecule has 0 aliphatic heterocycles. The molecule has 0 aromatic rings. The average molecular weight is 455 g/mol. The predicted molar refractivity (Wildman–Crippen MR) is 55.1 cm³/mol. The summed E-state index contributed by atoms with van der Waals surface area (Å²) in [6, 6.07) is 0. The van der Waals surface area contributed by atoms with E-state index in [-0.39, 0.29) is 29.6 Å². The molecule has 0 saturated heterocycles. The van der Waals surface area contributed by atoms with Crippen molar-refractivity contribution in [2.75, 3.05) is 0 Å². The van der Waals surface area contributed by atoms with E-state index in [9.17, 15) is 69.5 Å². The normalized spacial score (nSPS) is 15.7. The van der Waals surface area contributed by atoms with E-state index in [0.29, 0.717) is 0 Å². The van der Waals surface area contributed by atoms with Crippen molar-refractivity contribution in [3.8, 4) is 0 Å². The van der Waals surface area contributed by atoms with Gasteiger partial charge in [-0.25, -0.2) is 16.8 Å². The third kappa shape index (κ3) is 4.47. The van der Waals surface area contributed by atoms with Gasteiger partial charge in [0.2, 0.25) is 0 Å². The summed E-state index contributed by atoms with van der Waals surface area (Å²) >= 11 is 0. The SMILES string of the molecule is O=S(=O)(NS(=O)(=O)C(F)(F)C(F)(F)C(F)(F)C(F)(F)F)C(F)(F)F.[NaH]. The van der Waals surface area contributed by atoms with Crippen molar-refractivity contribution < 1.29 is 69.5 Å². The molecule has 0 radical (unpaired) electrons. The molecule has 0 spiro atoms. The molecule has 0 bridgehead atoms. The van der Waals surface area contributed by atoms with Crippen LogP contribution >= 0.6 is 0 Å². The van der Waals surface area contributed by atoms with Gasteiger partial charge in [-0.3, -0.25) is 0 Å². The van der Waals surface area contributed by atoms with E-state index >= 15 is 0 Å². The summed E-state index contributed by atoms with van der Waals surface area (Å²) in [5.74, 6) is -15.6. The third-order valence-corrected chi connectivity index (χ3v) is 5.27. The molecule has 0 aromatic carbocycles. The molecule has 20 heteroatoms. The molecule has 0 heterocycles. The summed E-state index contributed by atoms with van der Waals surface area (Å²) in [5, 5.41) is -7.61. The van der Waals surface area contributed by atoms with E-state index in [1.54, 1.807) is 0 Å². The van der Waals surface area contributed by atoms with Crippen LogP contribution in [0.5, 0.6) is 0 Å². The average Bonchev–Trinajstić information content (AvgIpc) is 2.23. The van der Waals surface area contributed by atoms with Crippen LogP contribution in [0.2, 0.25) is 0 Å². The van der Waals surface area contributed by atoms with Crippen LogP contribution in [-0.2, 0) is 20.0 Å². The Morgan fingerprint density at radius 2 is 0.880 bits per heavy atom. The van der Waals surface area contributed by atoms with Crippen LogP contribution in [0.25, 0.3) is 0 Å². The van der Waals surface area contributed by atoms with E-state index < -0.39 is 53.0 Å². The molecule has 148 valence electrons. The van der Waals surface area contributed by atoms with Gasteiger partial charge in [0.15, 0.2) is 0 Å². The summed E-state index contributed by atoms with van der Waals surface area (Å²) in [6.07, 6.45) is -7.46. The van der Waals surface area contributed by atoms with E-state index in [1.165, 1.54) is 0 Å². The fourth-order valence-corrected chi connectivity index (χ4v) is 3.19. The number of sulfonamides is 2. The van der Waals surface area contributed by atoms with Crippen LogP contribution in [0, 0.1) is 0 Å². The van der Waals surface area contributed by atoms with Gasteiger partial charge in [-0.1, -0.05) is 4.13 Å². The molecule has 0 unspecified atom stereocenters. The van der Waals surface area contributed by atoms with Gasteiger partial charge in [0.05, 0.1) is 0 Å². The zero-order valence-electron chi connectivity index (χ0n) is 9.99. The molecule has 0 aliphatic carbocycles. The van der Waals surface area contributed by atoms with Crippen molar-refractivity contribution in [1.29, 1.82) is 0 Å². The Labute approximate surface area is 152 Å². The van der Waals surface area contributed by atoms with Crippen LogP contribution in [0.4, 0.5) is 52.7 Å². The Bertz CT molecular complexity index is 692. The predicted octanol–water partition coefficient (Wildman–Crippen LogP) is 1.53. The van der Waals surface area contributed by atoms with Gasteiger partial charge < -0.3 is 0 Å². The molecule has 0 rings (SSSR count). The molecular weight excluding hydrogens is 453 g/mol. The summed E-state index contributed by atoms with van der Waals surface area (Å²) in [6.45, 7) is 0. The number of rotatable bonds is 5. The van der Waals surface area contributed by atoms with E-state index in [4.69, 9.17) is 0 Å². The Balaban J connectivity index is 0. The van der Waals surface area contributed by atoms with Gasteiger partial charge in [-0.05, 0) is 0 Å². The molecule has 0 atom stereocenters. The van der Waals surface area contributed by atoms with Crippen molar-refractivity contribution >= 4 is 49.6 Å². The summed E-state index contributed by atoms with van der Waals surface area (Å²) in [7, 11) is -15.3. The Morgan fingerprint density at radius 3 is 1.12 bits per heavy atom. The van der Waals surface area contributed by atoms with E-state index in [0.717, 1.165) is 0 Å². The van der Waals surface area contributed by atoms with Crippen LogP contribution in [-0.4, -0.2) is 75.2 Å². The molecule has 1 N–H and O–H groups in total. The number of nitrogens with one attached hydrogen (secondary N) is 1. The second-order valence-corrected chi connectivity index (χ2v) is 7.36. The number of alkyl halides is 12. The topological polar surface area (TPSA) is 80.3 Å². The Morgan fingerprint density at radius 1 is 0.560 bits per heavy atom. The number of halogens is 12. The first-order valence-corrected chi connectivity index (χ1v) is 7.47. The number of hydrogen-bond acceptors (Lipinski definition) is 4. The number of hydrogen-bond donors (Lipinski definition) is 1. The fraction of sp³-hybridized carbons (Fsp3) is 1.00. The van der Waals surface area contributed by atoms with Crippen molar-refractivity contribution in [2.24, 2.45) is 0 Å². The van der Waals surface area contributed by atoms with Gasteiger partial charge in [0.25, 0.3) is 10.0 Å². The zero-order valence-corrected chi connectivity index (χ0v) is 11.6. The van der Waals surface area contributed by atoms with Gasteiger partial charge >= 0.3 is 68.4 Å². The van der Waals surface area contributed by atoms with Gasteiger partial charge in [0, 0.05) is 0 Å². The molecule has 0 aromatic heterocycles. The molecular formula is C5H2F12NNaO4S2. The second kappa shape index (κ2) is 6.88. The molecule has 0 saturated carbocycles. The minimum absolute atomic E-state index is 0. The summed E-state index contributed by atoms with van der Waals surface area (Å²) in [4.78, 5) is 0. The molecule has 25 heavy (non-hydrogen) atoms. The van der Waals surface area contributed by atoms with Crippen LogP contribution in [0.3, 0.4) is 0 Å². The van der Waals surface area contributed by atoms with E-state index in [2.05, 4.69) is 0 Å². The Kier molecular flexibility index (Phi) is 7.49. The first kappa shape index (κ1) is 27.2. The zero-order chi connectivity index (χ0) is 20.2. The van der Waals surface area contributed by atoms with Crippen molar-refractivity contribution in [3.63, 3.8) is 0 Å². The maximum absolute atomic E-state index is 12.9. The summed E-state index contributed by atoms with van der Waals surface area (Å²) in [5.41, 5.74) is -6.70. The summed E-state index contributed by atoms with van der Waals surface area (Å²) < 4.78 is 187. The third-order valence-electron chi connectivity index (χ3n) is 1.98. The van der Waals surface area contributed by atoms with Crippen LogP contribution in [0.15, 0.2) is 0 Å². The monoisotopic (exact) mass is 455 g/mol.